The van der Waals surface area contributed by atoms with E-state index < -0.39 is 12.0 Å². The van der Waals surface area contributed by atoms with Crippen LogP contribution in [0.2, 0.25) is 0 Å². The molecule has 0 saturated heterocycles. The number of aliphatic carboxylic acids is 1. The fourth-order valence-electron chi connectivity index (χ4n) is 0.696. The fraction of sp³-hybridized carbons (Fsp3) is 0.714. The van der Waals surface area contributed by atoms with Crippen LogP contribution in [0, 0.1) is 0 Å². The summed E-state index contributed by atoms with van der Waals surface area (Å²) in [6.07, 6.45) is 0.350. The Hall–Kier alpha value is -0.581. The predicted molar refractivity (Wildman–Crippen MR) is 43.5 cm³/mol. The molecule has 4 N–H and O–H groups in total. The average Bonchev–Trinajstić information content (AvgIpc) is 2.00. The molecule has 0 aromatic carbocycles. The summed E-state index contributed by atoms with van der Waals surface area (Å²) in [5.74, 6) is -1.23. The molecule has 0 aromatic rings. The monoisotopic (exact) mass is 230 g/mol. The van der Waals surface area contributed by atoms with E-state index in [2.05, 4.69) is 5.32 Å². The summed E-state index contributed by atoms with van der Waals surface area (Å²) in [7, 11) is 0. The predicted octanol–water partition coefficient (Wildman–Crippen LogP) is -0.688. The summed E-state index contributed by atoms with van der Waals surface area (Å²) < 4.78 is 0. The average molecular weight is 230 g/mol. The van der Waals surface area contributed by atoms with Gasteiger partial charge in [0.15, 0.2) is 0 Å². The van der Waals surface area contributed by atoms with Crippen LogP contribution in [0.15, 0.2) is 0 Å². The van der Waals surface area contributed by atoms with Crippen molar-refractivity contribution in [2.75, 3.05) is 6.54 Å². The standard InChI is InChI=1S/C7H14N2O3.Fe/c1-2-9-6(10)4-3-5(8)7(11)12;/h5H,2-4,8H2,1H3,(H,9,10)(H,11,12);. The van der Waals surface area contributed by atoms with E-state index in [1.807, 2.05) is 0 Å². The van der Waals surface area contributed by atoms with Crippen LogP contribution in [0.1, 0.15) is 19.8 Å². The van der Waals surface area contributed by atoms with E-state index in [-0.39, 0.29) is 35.8 Å². The van der Waals surface area contributed by atoms with Gasteiger partial charge < -0.3 is 16.2 Å². The molecule has 0 bridgehead atoms. The smallest absolute Gasteiger partial charge is 0.320 e. The molecule has 0 heterocycles. The van der Waals surface area contributed by atoms with Gasteiger partial charge in [0.25, 0.3) is 0 Å². The van der Waals surface area contributed by atoms with E-state index in [4.69, 9.17) is 10.8 Å². The fourth-order valence-corrected chi connectivity index (χ4v) is 0.696. The van der Waals surface area contributed by atoms with Gasteiger partial charge in [0, 0.05) is 30.0 Å². The molecule has 0 aromatic heterocycles. The molecule has 1 amide bonds. The first-order chi connectivity index (χ1) is 5.57. The first-order valence-corrected chi connectivity index (χ1v) is 3.83. The maximum Gasteiger partial charge on any atom is 0.320 e. The van der Waals surface area contributed by atoms with Crippen molar-refractivity contribution in [3.8, 4) is 0 Å². The number of rotatable bonds is 5. The summed E-state index contributed by atoms with van der Waals surface area (Å²) in [4.78, 5) is 21.0. The molecule has 0 fully saturated rings. The zero-order chi connectivity index (χ0) is 9.56. The van der Waals surface area contributed by atoms with Gasteiger partial charge in [-0.1, -0.05) is 0 Å². The van der Waals surface area contributed by atoms with Crippen molar-refractivity contribution in [1.82, 2.24) is 5.32 Å². The second-order valence-electron chi connectivity index (χ2n) is 2.44. The molecule has 0 aliphatic carbocycles. The molecule has 0 saturated carbocycles. The van der Waals surface area contributed by atoms with Crippen LogP contribution < -0.4 is 11.1 Å². The number of nitrogens with two attached hydrogens (primary N) is 1. The number of nitrogens with one attached hydrogen (secondary N) is 1. The number of carbonyl (C=O) groups excluding carboxylic acids is 1. The van der Waals surface area contributed by atoms with Gasteiger partial charge in [-0.15, -0.1) is 0 Å². The van der Waals surface area contributed by atoms with Crippen LogP contribution in [0.5, 0.6) is 0 Å². The molecule has 0 aliphatic rings. The topological polar surface area (TPSA) is 92.4 Å². The van der Waals surface area contributed by atoms with Crippen molar-refractivity contribution in [2.45, 2.75) is 25.8 Å². The van der Waals surface area contributed by atoms with Gasteiger partial charge in [-0.05, 0) is 13.3 Å². The summed E-state index contributed by atoms with van der Waals surface area (Å²) in [6, 6.07) is -0.937. The van der Waals surface area contributed by atoms with Gasteiger partial charge >= 0.3 is 5.97 Å². The molecule has 0 rings (SSSR count). The zero-order valence-corrected chi connectivity index (χ0v) is 8.50. The Labute approximate surface area is 87.5 Å². The van der Waals surface area contributed by atoms with Crippen molar-refractivity contribution >= 4 is 11.9 Å². The van der Waals surface area contributed by atoms with Gasteiger partial charge in [-0.2, -0.15) is 0 Å². The SMILES string of the molecule is CCNC(=O)CCC(N)C(=O)O.[Fe]. The van der Waals surface area contributed by atoms with Crippen LogP contribution in [0.4, 0.5) is 0 Å². The first-order valence-electron chi connectivity index (χ1n) is 3.83. The molecule has 1 atom stereocenters. The van der Waals surface area contributed by atoms with Crippen molar-refractivity contribution in [3.05, 3.63) is 0 Å². The van der Waals surface area contributed by atoms with Crippen molar-refractivity contribution in [2.24, 2.45) is 5.73 Å². The Kier molecular flexibility index (Phi) is 9.22. The Morgan fingerprint density at radius 2 is 2.08 bits per heavy atom. The van der Waals surface area contributed by atoms with Crippen molar-refractivity contribution < 1.29 is 31.8 Å². The van der Waals surface area contributed by atoms with E-state index in [1.54, 1.807) is 6.92 Å². The Balaban J connectivity index is 0. The number of carboxylic acids is 1. The Morgan fingerprint density at radius 3 is 2.46 bits per heavy atom. The maximum absolute atomic E-state index is 10.8. The third kappa shape index (κ3) is 7.77. The van der Waals surface area contributed by atoms with Gasteiger partial charge in [0.1, 0.15) is 6.04 Å². The molecule has 78 valence electrons. The van der Waals surface area contributed by atoms with E-state index >= 15 is 0 Å². The summed E-state index contributed by atoms with van der Waals surface area (Å²) >= 11 is 0. The van der Waals surface area contributed by atoms with Crippen molar-refractivity contribution in [1.29, 1.82) is 0 Å². The Bertz CT molecular complexity index is 175. The van der Waals surface area contributed by atoms with Gasteiger partial charge in [-0.25, -0.2) is 0 Å². The second kappa shape index (κ2) is 8.04. The minimum Gasteiger partial charge on any atom is -0.480 e. The molecule has 0 spiro atoms. The number of carboxylic acid groups (broad SMARTS) is 1. The van der Waals surface area contributed by atoms with E-state index in [9.17, 15) is 9.59 Å². The number of hydrogen-bond acceptors (Lipinski definition) is 3. The van der Waals surface area contributed by atoms with Gasteiger partial charge in [0.2, 0.25) is 5.91 Å². The number of carbonyl (C=O) groups is 2. The molecule has 1 unspecified atom stereocenters. The van der Waals surface area contributed by atoms with Crippen LogP contribution in [-0.4, -0.2) is 29.6 Å². The molecule has 0 aliphatic heterocycles. The number of hydrogen-bond donors (Lipinski definition) is 3. The molecular formula is C7H14FeN2O3. The van der Waals surface area contributed by atoms with Crippen LogP contribution in [0.3, 0.4) is 0 Å². The van der Waals surface area contributed by atoms with Gasteiger partial charge in [-0.3, -0.25) is 9.59 Å². The van der Waals surface area contributed by atoms with Crippen LogP contribution in [0.25, 0.3) is 0 Å². The summed E-state index contributed by atoms with van der Waals surface area (Å²) in [5, 5.41) is 10.9. The normalized spacial score (nSPS) is 11.2. The Morgan fingerprint density at radius 1 is 1.54 bits per heavy atom. The molecule has 13 heavy (non-hydrogen) atoms. The van der Waals surface area contributed by atoms with Crippen LogP contribution >= 0.6 is 0 Å². The van der Waals surface area contributed by atoms with E-state index in [0.717, 1.165) is 0 Å². The van der Waals surface area contributed by atoms with Crippen molar-refractivity contribution in [3.63, 3.8) is 0 Å². The minimum absolute atomic E-state index is 0. The molecule has 5 nitrogen and oxygen atoms in total. The quantitative estimate of drug-likeness (QED) is 0.545. The molecular weight excluding hydrogens is 216 g/mol. The maximum atomic E-state index is 10.8. The second-order valence-corrected chi connectivity index (χ2v) is 2.44. The third-order valence-electron chi connectivity index (χ3n) is 1.37. The number of amides is 1. The molecule has 6 heteroatoms. The van der Waals surface area contributed by atoms with E-state index in [1.165, 1.54) is 0 Å². The molecule has 0 radical (unpaired) electrons. The summed E-state index contributed by atoms with van der Waals surface area (Å²) in [6.45, 7) is 2.36. The zero-order valence-electron chi connectivity index (χ0n) is 7.39. The minimum atomic E-state index is -1.07. The summed E-state index contributed by atoms with van der Waals surface area (Å²) in [5.41, 5.74) is 5.18. The third-order valence-corrected chi connectivity index (χ3v) is 1.37. The first kappa shape index (κ1) is 14.9. The van der Waals surface area contributed by atoms with Crippen LogP contribution in [-0.2, 0) is 26.7 Å². The van der Waals surface area contributed by atoms with E-state index in [0.29, 0.717) is 6.54 Å². The largest absolute Gasteiger partial charge is 0.480 e. The van der Waals surface area contributed by atoms with Gasteiger partial charge in [0.05, 0.1) is 0 Å².